The van der Waals surface area contributed by atoms with E-state index in [4.69, 9.17) is 0 Å². The number of H-pyrrole nitrogens is 1. The van der Waals surface area contributed by atoms with Crippen molar-refractivity contribution in [1.29, 1.82) is 0 Å². The van der Waals surface area contributed by atoms with Crippen LogP contribution in [-0.2, 0) is 0 Å². The van der Waals surface area contributed by atoms with Crippen LogP contribution in [0.4, 0.5) is 4.39 Å². The average Bonchev–Trinajstić information content (AvgIpc) is 3.04. The number of aromatic amines is 1. The molecule has 7 heteroatoms. The first kappa shape index (κ1) is 16.5. The Balaban J connectivity index is 1.41. The lowest BCUT2D eigenvalue weighted by Crippen LogP contribution is -2.37. The molecule has 26 heavy (non-hydrogen) atoms. The van der Waals surface area contributed by atoms with Crippen molar-refractivity contribution in [3.8, 4) is 0 Å². The summed E-state index contributed by atoms with van der Waals surface area (Å²) in [6.45, 7) is 0. The zero-order chi connectivity index (χ0) is 18.1. The van der Waals surface area contributed by atoms with Crippen LogP contribution in [0, 0.1) is 5.82 Å². The lowest BCUT2D eigenvalue weighted by atomic mass is 9.81. The third-order valence-corrected chi connectivity index (χ3v) is 5.09. The van der Waals surface area contributed by atoms with E-state index in [0.29, 0.717) is 17.1 Å². The second kappa shape index (κ2) is 6.74. The molecule has 0 saturated heterocycles. The Hall–Kier alpha value is -2.96. The van der Waals surface area contributed by atoms with Gasteiger partial charge in [0.15, 0.2) is 5.65 Å². The molecular formula is C19H19FN4O2. The number of fused-ring (bicyclic) bond motifs is 1. The molecule has 3 aromatic rings. The molecule has 1 aliphatic rings. The van der Waals surface area contributed by atoms with E-state index < -0.39 is 0 Å². The summed E-state index contributed by atoms with van der Waals surface area (Å²) < 4.78 is 14.4. The Morgan fingerprint density at radius 1 is 1.15 bits per heavy atom. The topological polar surface area (TPSA) is 79.3 Å². The van der Waals surface area contributed by atoms with Crippen LogP contribution < -0.4 is 11.0 Å². The third kappa shape index (κ3) is 3.12. The van der Waals surface area contributed by atoms with Gasteiger partial charge in [0.05, 0.1) is 5.56 Å². The highest BCUT2D eigenvalue weighted by Gasteiger charge is 2.24. The molecule has 1 aliphatic carbocycles. The number of halogens is 1. The summed E-state index contributed by atoms with van der Waals surface area (Å²) >= 11 is 0. The Morgan fingerprint density at radius 2 is 1.88 bits per heavy atom. The van der Waals surface area contributed by atoms with Crippen molar-refractivity contribution in [3.63, 3.8) is 0 Å². The van der Waals surface area contributed by atoms with Gasteiger partial charge in [-0.2, -0.15) is 5.10 Å². The first-order valence-corrected chi connectivity index (χ1v) is 8.74. The van der Waals surface area contributed by atoms with Crippen LogP contribution in [-0.4, -0.2) is 26.5 Å². The van der Waals surface area contributed by atoms with Gasteiger partial charge in [-0.1, -0.05) is 12.1 Å². The Morgan fingerprint density at radius 3 is 2.62 bits per heavy atom. The van der Waals surface area contributed by atoms with Gasteiger partial charge in [0.25, 0.3) is 5.91 Å². The molecule has 2 aromatic heterocycles. The minimum atomic E-state index is -0.366. The second-order valence-corrected chi connectivity index (χ2v) is 6.72. The van der Waals surface area contributed by atoms with Gasteiger partial charge in [-0.15, -0.1) is 0 Å². The van der Waals surface area contributed by atoms with Crippen molar-refractivity contribution in [2.75, 3.05) is 0 Å². The van der Waals surface area contributed by atoms with Crippen LogP contribution in [0.5, 0.6) is 0 Å². The number of amides is 1. The molecular weight excluding hydrogens is 335 g/mol. The molecule has 0 aliphatic heterocycles. The highest BCUT2D eigenvalue weighted by atomic mass is 19.1. The number of nitrogens with one attached hydrogen (secondary N) is 2. The van der Waals surface area contributed by atoms with E-state index in [1.54, 1.807) is 18.3 Å². The third-order valence-electron chi connectivity index (χ3n) is 5.09. The van der Waals surface area contributed by atoms with Crippen LogP contribution in [0.1, 0.15) is 47.5 Å². The minimum Gasteiger partial charge on any atom is -0.349 e. The summed E-state index contributed by atoms with van der Waals surface area (Å²) in [5.41, 5.74) is 1.49. The minimum absolute atomic E-state index is 0.0881. The van der Waals surface area contributed by atoms with Crippen LogP contribution in [0.2, 0.25) is 0 Å². The molecule has 1 saturated carbocycles. The fourth-order valence-corrected chi connectivity index (χ4v) is 3.68. The summed E-state index contributed by atoms with van der Waals surface area (Å²) in [4.78, 5) is 24.2. The molecule has 1 aromatic carbocycles. The number of benzene rings is 1. The molecule has 2 N–H and O–H groups in total. The number of aromatic nitrogens is 3. The zero-order valence-electron chi connectivity index (χ0n) is 14.1. The molecule has 6 nitrogen and oxygen atoms in total. The molecule has 4 rings (SSSR count). The molecule has 134 valence electrons. The van der Waals surface area contributed by atoms with Gasteiger partial charge >= 0.3 is 5.69 Å². The standard InChI is InChI=1S/C19H19FN4O2/c20-14-7-3-12(4-8-14)13-5-9-15(10-6-13)21-18(25)16-2-1-11-24-17(16)22-23-19(24)26/h1-4,7-8,11,13,15H,5-6,9-10H2,(H,21,25)(H,23,26). The molecule has 0 spiro atoms. The Bertz CT molecular complexity index is 985. The van der Waals surface area contributed by atoms with E-state index in [1.165, 1.54) is 16.5 Å². The van der Waals surface area contributed by atoms with Gasteiger partial charge in [0, 0.05) is 12.2 Å². The first-order valence-electron chi connectivity index (χ1n) is 8.74. The predicted molar refractivity (Wildman–Crippen MR) is 94.7 cm³/mol. The average molecular weight is 354 g/mol. The SMILES string of the molecule is O=C(NC1CCC(c2ccc(F)cc2)CC1)c1cccn2c(=O)[nH]nc12. The largest absolute Gasteiger partial charge is 0.349 e. The van der Waals surface area contributed by atoms with Crippen LogP contribution in [0.15, 0.2) is 47.4 Å². The lowest BCUT2D eigenvalue weighted by Gasteiger charge is -2.29. The van der Waals surface area contributed by atoms with Crippen LogP contribution >= 0.6 is 0 Å². The number of hydrogen-bond acceptors (Lipinski definition) is 3. The number of pyridine rings is 1. The highest BCUT2D eigenvalue weighted by Crippen LogP contribution is 2.33. The predicted octanol–water partition coefficient (Wildman–Crippen LogP) is 2.62. The molecule has 0 atom stereocenters. The maximum Gasteiger partial charge on any atom is 0.347 e. The highest BCUT2D eigenvalue weighted by molar-refractivity contribution is 5.99. The van der Waals surface area contributed by atoms with Crippen molar-refractivity contribution < 1.29 is 9.18 Å². The van der Waals surface area contributed by atoms with E-state index in [-0.39, 0.29) is 23.5 Å². The number of carbonyl (C=O) groups is 1. The second-order valence-electron chi connectivity index (χ2n) is 6.72. The molecule has 1 amide bonds. The van der Waals surface area contributed by atoms with E-state index in [1.807, 2.05) is 12.1 Å². The summed E-state index contributed by atoms with van der Waals surface area (Å²) in [6.07, 6.45) is 5.20. The molecule has 0 bridgehead atoms. The number of carbonyl (C=O) groups excluding carboxylic acids is 1. The van der Waals surface area contributed by atoms with Crippen LogP contribution in [0.25, 0.3) is 5.65 Å². The number of rotatable bonds is 3. The van der Waals surface area contributed by atoms with Crippen molar-refractivity contribution in [2.24, 2.45) is 0 Å². The molecule has 0 unspecified atom stereocenters. The Labute approximate surface area is 149 Å². The van der Waals surface area contributed by atoms with Gasteiger partial charge < -0.3 is 5.32 Å². The van der Waals surface area contributed by atoms with Gasteiger partial charge in [-0.3, -0.25) is 4.79 Å². The lowest BCUT2D eigenvalue weighted by molar-refractivity contribution is 0.0927. The van der Waals surface area contributed by atoms with Crippen molar-refractivity contribution >= 4 is 11.6 Å². The fourth-order valence-electron chi connectivity index (χ4n) is 3.68. The summed E-state index contributed by atoms with van der Waals surface area (Å²) in [5, 5.41) is 9.33. The monoisotopic (exact) mass is 354 g/mol. The zero-order valence-corrected chi connectivity index (χ0v) is 14.1. The van der Waals surface area contributed by atoms with E-state index in [2.05, 4.69) is 15.5 Å². The van der Waals surface area contributed by atoms with Crippen molar-refractivity contribution in [1.82, 2.24) is 19.9 Å². The van der Waals surface area contributed by atoms with E-state index in [9.17, 15) is 14.0 Å². The quantitative estimate of drug-likeness (QED) is 0.759. The van der Waals surface area contributed by atoms with Crippen molar-refractivity contribution in [3.05, 3.63) is 70.0 Å². The summed E-state index contributed by atoms with van der Waals surface area (Å²) in [6, 6.07) is 10.1. The summed E-state index contributed by atoms with van der Waals surface area (Å²) in [5.74, 6) is -0.0433. The smallest absolute Gasteiger partial charge is 0.347 e. The molecule has 0 radical (unpaired) electrons. The number of nitrogens with zero attached hydrogens (tertiary/aromatic N) is 2. The van der Waals surface area contributed by atoms with Gasteiger partial charge in [0.1, 0.15) is 5.82 Å². The van der Waals surface area contributed by atoms with Gasteiger partial charge in [0.2, 0.25) is 0 Å². The fraction of sp³-hybridized carbons (Fsp3) is 0.316. The van der Waals surface area contributed by atoms with Crippen molar-refractivity contribution in [2.45, 2.75) is 37.6 Å². The van der Waals surface area contributed by atoms with Gasteiger partial charge in [-0.05, 0) is 61.4 Å². The first-order chi connectivity index (χ1) is 12.6. The van der Waals surface area contributed by atoms with E-state index >= 15 is 0 Å². The maximum atomic E-state index is 13.1. The summed E-state index contributed by atoms with van der Waals surface area (Å²) in [7, 11) is 0. The molecule has 1 fully saturated rings. The van der Waals surface area contributed by atoms with Crippen LogP contribution in [0.3, 0.4) is 0 Å². The maximum absolute atomic E-state index is 13.1. The van der Waals surface area contributed by atoms with Gasteiger partial charge in [-0.25, -0.2) is 18.7 Å². The molecule has 2 heterocycles. The van der Waals surface area contributed by atoms with E-state index in [0.717, 1.165) is 31.2 Å². The normalized spacial score (nSPS) is 20.2. The number of hydrogen-bond donors (Lipinski definition) is 2. The Kier molecular flexibility index (Phi) is 4.28.